The van der Waals surface area contributed by atoms with E-state index >= 15 is 0 Å². The molecule has 0 radical (unpaired) electrons. The molecule has 2 heteroatoms. The number of hydrogen-bond donors (Lipinski definition) is 1. The normalized spacial score (nSPS) is 34.7. The van der Waals surface area contributed by atoms with Gasteiger partial charge < -0.3 is 5.11 Å². The molecule has 1 aliphatic heterocycles. The average Bonchev–Trinajstić information content (AvgIpc) is 1.94. The molecule has 2 atom stereocenters. The molecule has 1 N–H and O–H groups in total. The van der Waals surface area contributed by atoms with E-state index in [4.69, 9.17) is 0 Å². The minimum atomic E-state index is -0.979. The summed E-state index contributed by atoms with van der Waals surface area (Å²) in [5.41, 5.74) is 1.17. The molecule has 0 spiro atoms. The van der Waals surface area contributed by atoms with Crippen molar-refractivity contribution in [3.05, 3.63) is 12.2 Å². The molecule has 0 aromatic carbocycles. The molecule has 0 aliphatic carbocycles. The first-order valence-corrected chi connectivity index (χ1v) is 8.17. The minimum absolute atomic E-state index is 0.108. The van der Waals surface area contributed by atoms with Crippen molar-refractivity contribution in [3.63, 3.8) is 0 Å². The van der Waals surface area contributed by atoms with Crippen molar-refractivity contribution in [3.8, 4) is 0 Å². The van der Waals surface area contributed by atoms with E-state index in [-0.39, 0.29) is 6.10 Å². The van der Waals surface area contributed by atoms with Crippen LogP contribution in [0.5, 0.6) is 0 Å². The van der Waals surface area contributed by atoms with Crippen molar-refractivity contribution in [2.24, 2.45) is 5.92 Å². The second-order valence-electron chi connectivity index (χ2n) is 4.93. The van der Waals surface area contributed by atoms with Gasteiger partial charge in [0.25, 0.3) is 0 Å². The van der Waals surface area contributed by atoms with Gasteiger partial charge in [0.05, 0.1) is 6.10 Å². The van der Waals surface area contributed by atoms with Crippen LogP contribution in [0.1, 0.15) is 13.3 Å². The van der Waals surface area contributed by atoms with Crippen LogP contribution in [0.25, 0.3) is 0 Å². The summed E-state index contributed by atoms with van der Waals surface area (Å²) in [7, 11) is -0.979. The Kier molecular flexibility index (Phi) is 2.79. The highest BCUT2D eigenvalue weighted by atomic mass is 28.3. The lowest BCUT2D eigenvalue weighted by Crippen LogP contribution is -2.39. The van der Waals surface area contributed by atoms with Crippen LogP contribution in [0, 0.1) is 5.92 Å². The summed E-state index contributed by atoms with van der Waals surface area (Å²) >= 11 is 0. The van der Waals surface area contributed by atoms with Gasteiger partial charge in [-0.1, -0.05) is 31.3 Å². The molecule has 1 aliphatic rings. The molecule has 1 nitrogen and oxygen atoms in total. The van der Waals surface area contributed by atoms with Gasteiger partial charge in [-0.15, -0.1) is 0 Å². The fraction of sp³-hybridized carbons (Fsp3) is 0.800. The fourth-order valence-electron chi connectivity index (χ4n) is 2.08. The highest BCUT2D eigenvalue weighted by Gasteiger charge is 2.35. The number of aliphatic hydroxyl groups is 1. The van der Waals surface area contributed by atoms with Crippen LogP contribution >= 0.6 is 0 Å². The topological polar surface area (TPSA) is 20.2 Å². The molecule has 0 amide bonds. The number of aliphatic hydroxyl groups excluding tert-OH is 1. The summed E-state index contributed by atoms with van der Waals surface area (Å²) in [5.74, 6) is 0.389. The van der Waals surface area contributed by atoms with Gasteiger partial charge in [-0.3, -0.25) is 0 Å². The van der Waals surface area contributed by atoms with Crippen LogP contribution in [0.15, 0.2) is 12.2 Å². The van der Waals surface area contributed by atoms with Gasteiger partial charge >= 0.3 is 0 Å². The Balaban J connectivity index is 2.66. The Morgan fingerprint density at radius 3 is 2.50 bits per heavy atom. The van der Waals surface area contributed by atoms with Crippen LogP contribution in [-0.4, -0.2) is 19.3 Å². The van der Waals surface area contributed by atoms with Gasteiger partial charge in [-0.05, 0) is 19.4 Å². The molecule has 1 rings (SSSR count). The lowest BCUT2D eigenvalue weighted by Gasteiger charge is -2.37. The third-order valence-electron chi connectivity index (χ3n) is 2.99. The molecule has 1 fully saturated rings. The zero-order chi connectivity index (χ0) is 9.35. The van der Waals surface area contributed by atoms with E-state index in [1.807, 2.05) is 6.92 Å². The van der Waals surface area contributed by atoms with E-state index < -0.39 is 8.07 Å². The summed E-state index contributed by atoms with van der Waals surface area (Å²) in [6.45, 7) is 10.8. The second kappa shape index (κ2) is 3.34. The molecule has 0 aromatic rings. The Hall–Kier alpha value is -0.0831. The monoisotopic (exact) mass is 184 g/mol. The van der Waals surface area contributed by atoms with Crippen LogP contribution in [0.2, 0.25) is 25.2 Å². The summed E-state index contributed by atoms with van der Waals surface area (Å²) in [5, 5.41) is 9.73. The third kappa shape index (κ3) is 2.20. The predicted molar refractivity (Wildman–Crippen MR) is 56.0 cm³/mol. The van der Waals surface area contributed by atoms with Crippen LogP contribution < -0.4 is 0 Å². The SMILES string of the molecule is C=C(C)[C@H]1C[Si](C)(C)CC[C@@H]1O. The van der Waals surface area contributed by atoms with Crippen molar-refractivity contribution >= 4 is 8.07 Å². The first kappa shape index (κ1) is 10.0. The van der Waals surface area contributed by atoms with E-state index in [9.17, 15) is 5.11 Å². The van der Waals surface area contributed by atoms with Gasteiger partial charge in [0.2, 0.25) is 0 Å². The van der Waals surface area contributed by atoms with E-state index in [0.29, 0.717) is 5.92 Å². The maximum atomic E-state index is 9.73. The predicted octanol–water partition coefficient (Wildman–Crippen LogP) is 2.65. The van der Waals surface area contributed by atoms with Crippen LogP contribution in [0.3, 0.4) is 0 Å². The lowest BCUT2D eigenvalue weighted by molar-refractivity contribution is 0.121. The minimum Gasteiger partial charge on any atom is -0.393 e. The molecule has 70 valence electrons. The molecular formula is C10H20OSi. The Morgan fingerprint density at radius 1 is 1.50 bits per heavy atom. The first-order chi connectivity index (χ1) is 5.42. The Labute approximate surface area is 76.5 Å². The molecule has 0 bridgehead atoms. The van der Waals surface area contributed by atoms with Gasteiger partial charge in [-0.25, -0.2) is 0 Å². The van der Waals surface area contributed by atoms with Crippen molar-refractivity contribution in [2.75, 3.05) is 0 Å². The summed E-state index contributed by atoms with van der Waals surface area (Å²) in [4.78, 5) is 0. The van der Waals surface area contributed by atoms with Crippen molar-refractivity contribution < 1.29 is 5.11 Å². The highest BCUT2D eigenvalue weighted by molar-refractivity contribution is 6.77. The zero-order valence-corrected chi connectivity index (χ0v) is 9.43. The van der Waals surface area contributed by atoms with Gasteiger partial charge in [0, 0.05) is 14.0 Å². The maximum absolute atomic E-state index is 9.73. The second-order valence-corrected chi connectivity index (χ2v) is 10.2. The fourth-order valence-corrected chi connectivity index (χ4v) is 5.17. The molecule has 1 heterocycles. The number of rotatable bonds is 1. The summed E-state index contributed by atoms with van der Waals surface area (Å²) in [6, 6.07) is 2.50. The average molecular weight is 184 g/mol. The summed E-state index contributed by atoms with van der Waals surface area (Å²) < 4.78 is 0. The smallest absolute Gasteiger partial charge is 0.0599 e. The van der Waals surface area contributed by atoms with Crippen molar-refractivity contribution in [1.82, 2.24) is 0 Å². The standard InChI is InChI=1S/C10H20OSi/c1-8(2)9-7-12(3,4)6-5-10(9)11/h9-11H,1,5-7H2,2-4H3/t9-,10+/m1/s1. The van der Waals surface area contributed by atoms with Crippen molar-refractivity contribution in [2.45, 2.75) is 44.6 Å². The molecule has 0 unspecified atom stereocenters. The van der Waals surface area contributed by atoms with Crippen molar-refractivity contribution in [1.29, 1.82) is 0 Å². The highest BCUT2D eigenvalue weighted by Crippen LogP contribution is 2.36. The quantitative estimate of drug-likeness (QED) is 0.491. The molecule has 12 heavy (non-hydrogen) atoms. The van der Waals surface area contributed by atoms with E-state index in [0.717, 1.165) is 6.42 Å². The van der Waals surface area contributed by atoms with Gasteiger partial charge in [-0.2, -0.15) is 0 Å². The van der Waals surface area contributed by atoms with Gasteiger partial charge in [0.15, 0.2) is 0 Å². The first-order valence-electron chi connectivity index (χ1n) is 4.76. The summed E-state index contributed by atoms with van der Waals surface area (Å²) in [6.07, 6.45) is 0.888. The molecule has 1 saturated heterocycles. The largest absolute Gasteiger partial charge is 0.393 e. The third-order valence-corrected chi connectivity index (χ3v) is 6.17. The van der Waals surface area contributed by atoms with Crippen LogP contribution in [-0.2, 0) is 0 Å². The lowest BCUT2D eigenvalue weighted by atomic mass is 9.95. The van der Waals surface area contributed by atoms with E-state index in [1.54, 1.807) is 0 Å². The zero-order valence-electron chi connectivity index (χ0n) is 8.43. The Bertz CT molecular complexity index is 186. The van der Waals surface area contributed by atoms with Gasteiger partial charge in [0.1, 0.15) is 0 Å². The van der Waals surface area contributed by atoms with Crippen LogP contribution in [0.4, 0.5) is 0 Å². The maximum Gasteiger partial charge on any atom is 0.0599 e. The Morgan fingerprint density at radius 2 is 2.08 bits per heavy atom. The molecule has 0 aromatic heterocycles. The van der Waals surface area contributed by atoms with E-state index in [1.165, 1.54) is 17.7 Å². The van der Waals surface area contributed by atoms with E-state index in [2.05, 4.69) is 19.7 Å². The molecule has 0 saturated carbocycles. The number of hydrogen-bond acceptors (Lipinski definition) is 1. The molecular weight excluding hydrogens is 164 g/mol.